The summed E-state index contributed by atoms with van der Waals surface area (Å²) in [7, 11) is 1.27. The highest BCUT2D eigenvalue weighted by Crippen LogP contribution is 2.12. The minimum absolute atomic E-state index is 0. The van der Waals surface area contributed by atoms with Crippen molar-refractivity contribution in [2.45, 2.75) is 12.5 Å². The number of methoxy groups -OCH3 is 1. The summed E-state index contributed by atoms with van der Waals surface area (Å²) in [5, 5.41) is 2.44. The number of halogens is 1. The van der Waals surface area contributed by atoms with Crippen molar-refractivity contribution < 1.29 is 14.3 Å². The lowest BCUT2D eigenvalue weighted by Gasteiger charge is -2.11. The standard InChI is InChI=1S/C12H16N2O3.ClH/c1-17-12(16)8-14-11(15)7-10(13)9-5-3-2-4-6-9;/h2-6,10H,7-8,13H2,1H3,(H,14,15);1H. The summed E-state index contributed by atoms with van der Waals surface area (Å²) in [6.45, 7) is -0.128. The molecule has 100 valence electrons. The third-order valence-corrected chi connectivity index (χ3v) is 2.29. The van der Waals surface area contributed by atoms with E-state index in [9.17, 15) is 9.59 Å². The van der Waals surface area contributed by atoms with Gasteiger partial charge in [-0.1, -0.05) is 30.3 Å². The highest BCUT2D eigenvalue weighted by Gasteiger charge is 2.12. The zero-order chi connectivity index (χ0) is 12.7. The topological polar surface area (TPSA) is 81.4 Å². The number of nitrogens with two attached hydrogens (primary N) is 1. The fraction of sp³-hybridized carbons (Fsp3) is 0.333. The van der Waals surface area contributed by atoms with Crippen molar-refractivity contribution >= 4 is 24.3 Å². The molecule has 5 nitrogen and oxygen atoms in total. The van der Waals surface area contributed by atoms with E-state index >= 15 is 0 Å². The number of benzene rings is 1. The lowest BCUT2D eigenvalue weighted by molar-refractivity contribution is -0.141. The minimum atomic E-state index is -0.480. The van der Waals surface area contributed by atoms with Crippen molar-refractivity contribution in [2.75, 3.05) is 13.7 Å². The fourth-order valence-corrected chi connectivity index (χ4v) is 1.33. The first kappa shape index (κ1) is 16.4. The Bertz CT molecular complexity index is 384. The third kappa shape index (κ3) is 5.65. The molecule has 1 aromatic rings. The number of ether oxygens (including phenoxy) is 1. The molecule has 1 unspecified atom stereocenters. The largest absolute Gasteiger partial charge is 0.468 e. The summed E-state index contributed by atoms with van der Waals surface area (Å²) >= 11 is 0. The summed E-state index contributed by atoms with van der Waals surface area (Å²) in [6, 6.07) is 8.96. The van der Waals surface area contributed by atoms with E-state index in [1.807, 2.05) is 30.3 Å². The molecule has 0 spiro atoms. The molecule has 1 atom stereocenters. The number of carbonyl (C=O) groups is 2. The van der Waals surface area contributed by atoms with Crippen LogP contribution in [0.2, 0.25) is 0 Å². The Morgan fingerprint density at radius 1 is 1.33 bits per heavy atom. The number of rotatable bonds is 5. The Morgan fingerprint density at radius 2 is 1.94 bits per heavy atom. The second kappa shape index (κ2) is 8.49. The number of hydrogen-bond donors (Lipinski definition) is 2. The van der Waals surface area contributed by atoms with Gasteiger partial charge in [0.1, 0.15) is 6.54 Å². The molecule has 6 heteroatoms. The van der Waals surface area contributed by atoms with Gasteiger partial charge in [-0.05, 0) is 5.56 Å². The van der Waals surface area contributed by atoms with Gasteiger partial charge in [0.25, 0.3) is 0 Å². The lowest BCUT2D eigenvalue weighted by Crippen LogP contribution is -2.32. The Morgan fingerprint density at radius 3 is 2.50 bits per heavy atom. The molecule has 0 radical (unpaired) electrons. The average molecular weight is 273 g/mol. The Hall–Kier alpha value is -1.59. The van der Waals surface area contributed by atoms with E-state index in [4.69, 9.17) is 5.73 Å². The second-order valence-electron chi connectivity index (χ2n) is 3.57. The van der Waals surface area contributed by atoms with Crippen molar-refractivity contribution in [3.8, 4) is 0 Å². The van der Waals surface area contributed by atoms with Gasteiger partial charge in [-0.15, -0.1) is 12.4 Å². The molecule has 0 aliphatic heterocycles. The molecule has 1 aromatic carbocycles. The van der Waals surface area contributed by atoms with E-state index in [0.717, 1.165) is 5.56 Å². The van der Waals surface area contributed by atoms with Crippen molar-refractivity contribution in [3.05, 3.63) is 35.9 Å². The van der Waals surface area contributed by atoms with E-state index in [-0.39, 0.29) is 37.3 Å². The number of carbonyl (C=O) groups excluding carboxylic acids is 2. The number of esters is 1. The van der Waals surface area contributed by atoms with Crippen LogP contribution in [0.1, 0.15) is 18.0 Å². The van der Waals surface area contributed by atoms with Crippen LogP contribution in [0, 0.1) is 0 Å². The van der Waals surface area contributed by atoms with Gasteiger partial charge in [0.15, 0.2) is 0 Å². The smallest absolute Gasteiger partial charge is 0.325 e. The fourth-order valence-electron chi connectivity index (χ4n) is 1.33. The third-order valence-electron chi connectivity index (χ3n) is 2.29. The Labute approximate surface area is 112 Å². The van der Waals surface area contributed by atoms with Gasteiger partial charge in [0.2, 0.25) is 5.91 Å². The van der Waals surface area contributed by atoms with E-state index in [0.29, 0.717) is 0 Å². The van der Waals surface area contributed by atoms with E-state index in [1.165, 1.54) is 7.11 Å². The maximum absolute atomic E-state index is 11.4. The van der Waals surface area contributed by atoms with Crippen molar-refractivity contribution in [3.63, 3.8) is 0 Å². The molecule has 0 aliphatic rings. The normalized spacial score (nSPS) is 11.0. The lowest BCUT2D eigenvalue weighted by atomic mass is 10.0. The summed E-state index contributed by atoms with van der Waals surface area (Å²) in [5.74, 6) is -0.751. The second-order valence-corrected chi connectivity index (χ2v) is 3.57. The van der Waals surface area contributed by atoms with Crippen molar-refractivity contribution in [1.29, 1.82) is 0 Å². The van der Waals surface area contributed by atoms with Crippen LogP contribution in [0.4, 0.5) is 0 Å². The van der Waals surface area contributed by atoms with E-state index < -0.39 is 5.97 Å². The first-order chi connectivity index (χ1) is 8.13. The van der Waals surface area contributed by atoms with Crippen LogP contribution in [0.5, 0.6) is 0 Å². The maximum Gasteiger partial charge on any atom is 0.325 e. The SMILES string of the molecule is COC(=O)CNC(=O)CC(N)c1ccccc1.Cl. The summed E-state index contributed by atoms with van der Waals surface area (Å²) < 4.78 is 4.41. The van der Waals surface area contributed by atoms with Crippen LogP contribution in [-0.2, 0) is 14.3 Å². The van der Waals surface area contributed by atoms with Crippen LogP contribution < -0.4 is 11.1 Å². The molecule has 3 N–H and O–H groups in total. The van der Waals surface area contributed by atoms with Crippen LogP contribution in [0.15, 0.2) is 30.3 Å². The summed E-state index contributed by atoms with van der Waals surface area (Å²) in [6.07, 6.45) is 0.140. The summed E-state index contributed by atoms with van der Waals surface area (Å²) in [4.78, 5) is 22.3. The van der Waals surface area contributed by atoms with Crippen LogP contribution in [0.3, 0.4) is 0 Å². The molecule has 0 saturated carbocycles. The quantitative estimate of drug-likeness (QED) is 0.777. The van der Waals surface area contributed by atoms with Crippen LogP contribution in [0.25, 0.3) is 0 Å². The first-order valence-corrected chi connectivity index (χ1v) is 5.27. The molecular formula is C12H17ClN2O3. The average Bonchev–Trinajstić information content (AvgIpc) is 2.36. The molecule has 1 amide bonds. The molecule has 0 bridgehead atoms. The Kier molecular flexibility index (Phi) is 7.74. The highest BCUT2D eigenvalue weighted by molar-refractivity contribution is 5.85. The van der Waals surface area contributed by atoms with Gasteiger partial charge in [-0.2, -0.15) is 0 Å². The Balaban J connectivity index is 0.00000289. The molecule has 0 heterocycles. The molecular weight excluding hydrogens is 256 g/mol. The van der Waals surface area contributed by atoms with Crippen molar-refractivity contribution in [2.24, 2.45) is 5.73 Å². The molecule has 0 fully saturated rings. The van der Waals surface area contributed by atoms with Crippen LogP contribution >= 0.6 is 12.4 Å². The first-order valence-electron chi connectivity index (χ1n) is 5.27. The van der Waals surface area contributed by atoms with Gasteiger partial charge in [0.05, 0.1) is 7.11 Å². The molecule has 0 aromatic heterocycles. The monoisotopic (exact) mass is 272 g/mol. The minimum Gasteiger partial charge on any atom is -0.468 e. The predicted octanol–water partition coefficient (Wildman–Crippen LogP) is 0.788. The zero-order valence-electron chi connectivity index (χ0n) is 10.1. The molecule has 0 aliphatic carbocycles. The predicted molar refractivity (Wildman–Crippen MR) is 70.3 cm³/mol. The highest BCUT2D eigenvalue weighted by atomic mass is 35.5. The van der Waals surface area contributed by atoms with Gasteiger partial charge in [-0.3, -0.25) is 9.59 Å². The van der Waals surface area contributed by atoms with E-state index in [1.54, 1.807) is 0 Å². The maximum atomic E-state index is 11.4. The molecule has 1 rings (SSSR count). The van der Waals surface area contributed by atoms with Gasteiger partial charge < -0.3 is 15.8 Å². The van der Waals surface area contributed by atoms with E-state index in [2.05, 4.69) is 10.1 Å². The number of hydrogen-bond acceptors (Lipinski definition) is 4. The molecule has 0 saturated heterocycles. The van der Waals surface area contributed by atoms with Crippen LogP contribution in [-0.4, -0.2) is 25.5 Å². The summed E-state index contributed by atoms with van der Waals surface area (Å²) in [5.41, 5.74) is 6.75. The van der Waals surface area contributed by atoms with Gasteiger partial charge in [0, 0.05) is 12.5 Å². The van der Waals surface area contributed by atoms with Gasteiger partial charge in [-0.25, -0.2) is 0 Å². The van der Waals surface area contributed by atoms with Crippen molar-refractivity contribution in [1.82, 2.24) is 5.32 Å². The number of amides is 1. The number of nitrogens with one attached hydrogen (secondary N) is 1. The zero-order valence-corrected chi connectivity index (χ0v) is 10.9. The molecule has 18 heavy (non-hydrogen) atoms. The van der Waals surface area contributed by atoms with Gasteiger partial charge >= 0.3 is 5.97 Å².